The number of aromatic nitrogens is 1. The van der Waals surface area contributed by atoms with Crippen LogP contribution in [0.5, 0.6) is 0 Å². The first-order chi connectivity index (χ1) is 7.75. The van der Waals surface area contributed by atoms with Crippen molar-refractivity contribution in [3.05, 3.63) is 16.6 Å². The first-order valence-corrected chi connectivity index (χ1v) is 6.63. The highest BCUT2D eigenvalue weighted by Crippen LogP contribution is 2.37. The van der Waals surface area contributed by atoms with E-state index in [1.807, 2.05) is 10.3 Å². The smallest absolute Gasteiger partial charge is 0.273 e. The van der Waals surface area contributed by atoms with Gasteiger partial charge in [0.2, 0.25) is 0 Å². The van der Waals surface area contributed by atoms with Crippen molar-refractivity contribution < 1.29 is 4.79 Å². The van der Waals surface area contributed by atoms with Crippen molar-refractivity contribution >= 4 is 17.2 Å². The van der Waals surface area contributed by atoms with E-state index in [1.54, 1.807) is 5.51 Å². The van der Waals surface area contributed by atoms with Gasteiger partial charge in [-0.25, -0.2) is 4.98 Å². The van der Waals surface area contributed by atoms with E-state index in [2.05, 4.69) is 4.98 Å². The Morgan fingerprint density at radius 2 is 2.38 bits per heavy atom. The summed E-state index contributed by atoms with van der Waals surface area (Å²) >= 11 is 1.47. The van der Waals surface area contributed by atoms with Crippen molar-refractivity contribution in [2.45, 2.75) is 18.9 Å². The lowest BCUT2D eigenvalue weighted by molar-refractivity contribution is 0.0774. The van der Waals surface area contributed by atoms with Crippen molar-refractivity contribution in [2.75, 3.05) is 13.1 Å². The number of nitrogens with zero attached hydrogens (tertiary/aromatic N) is 2. The Hall–Kier alpha value is -0.940. The van der Waals surface area contributed by atoms with Crippen LogP contribution in [-0.4, -0.2) is 34.9 Å². The fraction of sp³-hybridized carbons (Fsp3) is 0.636. The number of carbonyl (C=O) groups excluding carboxylic acids is 1. The molecule has 1 saturated carbocycles. The minimum Gasteiger partial charge on any atom is -0.337 e. The molecule has 1 aromatic rings. The van der Waals surface area contributed by atoms with Crippen molar-refractivity contribution in [3.63, 3.8) is 0 Å². The monoisotopic (exact) mass is 237 g/mol. The van der Waals surface area contributed by atoms with Gasteiger partial charge in [-0.15, -0.1) is 11.3 Å². The number of likely N-dealkylation sites (tertiary alicyclic amines) is 1. The van der Waals surface area contributed by atoms with Crippen molar-refractivity contribution in [1.29, 1.82) is 0 Å². The van der Waals surface area contributed by atoms with Crippen molar-refractivity contribution in [2.24, 2.45) is 17.6 Å². The summed E-state index contributed by atoms with van der Waals surface area (Å²) in [6.45, 7) is 1.69. The highest BCUT2D eigenvalue weighted by molar-refractivity contribution is 7.07. The molecule has 2 aliphatic rings. The van der Waals surface area contributed by atoms with E-state index in [0.29, 0.717) is 23.6 Å². The molecular formula is C11H15N3OS. The Morgan fingerprint density at radius 3 is 3.06 bits per heavy atom. The van der Waals surface area contributed by atoms with Crippen molar-refractivity contribution in [1.82, 2.24) is 9.88 Å². The molecule has 0 spiro atoms. The summed E-state index contributed by atoms with van der Waals surface area (Å²) in [4.78, 5) is 18.1. The molecule has 4 nitrogen and oxygen atoms in total. The van der Waals surface area contributed by atoms with Crippen molar-refractivity contribution in [3.8, 4) is 0 Å². The predicted molar refractivity (Wildman–Crippen MR) is 62.2 cm³/mol. The van der Waals surface area contributed by atoms with Crippen LogP contribution in [0.1, 0.15) is 23.3 Å². The van der Waals surface area contributed by atoms with E-state index >= 15 is 0 Å². The van der Waals surface area contributed by atoms with Gasteiger partial charge >= 0.3 is 0 Å². The van der Waals surface area contributed by atoms with E-state index in [9.17, 15) is 4.79 Å². The second-order valence-corrected chi connectivity index (χ2v) is 5.47. The molecule has 16 heavy (non-hydrogen) atoms. The van der Waals surface area contributed by atoms with Gasteiger partial charge in [0.25, 0.3) is 5.91 Å². The Bertz CT molecular complexity index is 392. The lowest BCUT2D eigenvalue weighted by atomic mass is 9.98. The molecule has 0 bridgehead atoms. The third-order valence-corrected chi connectivity index (χ3v) is 4.44. The number of amides is 1. The van der Waals surface area contributed by atoms with Gasteiger partial charge < -0.3 is 10.6 Å². The zero-order valence-electron chi connectivity index (χ0n) is 9.00. The maximum Gasteiger partial charge on any atom is 0.273 e. The van der Waals surface area contributed by atoms with Crippen LogP contribution in [0.3, 0.4) is 0 Å². The SMILES string of the molecule is N[C@@H]1CC[C@@H]2CN(C(=O)c3cscn3)C[C@@H]21. The van der Waals surface area contributed by atoms with Crippen LogP contribution in [0.15, 0.2) is 10.9 Å². The standard InChI is InChI=1S/C11H15N3OS/c12-9-2-1-7-3-14(4-8(7)9)11(15)10-5-16-6-13-10/h5-9H,1-4,12H2/t7-,8+,9-/m1/s1. The summed E-state index contributed by atoms with van der Waals surface area (Å²) in [5, 5.41) is 1.82. The summed E-state index contributed by atoms with van der Waals surface area (Å²) in [6, 6.07) is 0.290. The van der Waals surface area contributed by atoms with Crippen LogP contribution in [0.4, 0.5) is 0 Å². The molecule has 2 fully saturated rings. The van der Waals surface area contributed by atoms with Gasteiger partial charge in [-0.05, 0) is 24.7 Å². The zero-order valence-corrected chi connectivity index (χ0v) is 9.82. The Kier molecular flexibility index (Phi) is 2.44. The average molecular weight is 237 g/mol. The molecule has 0 radical (unpaired) electrons. The minimum absolute atomic E-state index is 0.0721. The van der Waals surface area contributed by atoms with E-state index in [4.69, 9.17) is 5.73 Å². The van der Waals surface area contributed by atoms with Crippen LogP contribution in [-0.2, 0) is 0 Å². The molecule has 1 saturated heterocycles. The molecule has 3 rings (SSSR count). The summed E-state index contributed by atoms with van der Waals surface area (Å²) < 4.78 is 0. The lowest BCUT2D eigenvalue weighted by Gasteiger charge is -2.17. The quantitative estimate of drug-likeness (QED) is 0.791. The largest absolute Gasteiger partial charge is 0.337 e. The van der Waals surface area contributed by atoms with Crippen LogP contribution in [0, 0.1) is 11.8 Å². The Balaban J connectivity index is 1.73. The number of nitrogens with two attached hydrogens (primary N) is 1. The number of rotatable bonds is 1. The third-order valence-electron chi connectivity index (χ3n) is 3.85. The van der Waals surface area contributed by atoms with Crippen LogP contribution in [0.2, 0.25) is 0 Å². The number of carbonyl (C=O) groups is 1. The van der Waals surface area contributed by atoms with Gasteiger partial charge in [0, 0.05) is 24.5 Å². The third kappa shape index (κ3) is 1.55. The first-order valence-electron chi connectivity index (χ1n) is 5.69. The Morgan fingerprint density at radius 1 is 1.50 bits per heavy atom. The second-order valence-electron chi connectivity index (χ2n) is 4.75. The molecular weight excluding hydrogens is 222 g/mol. The normalized spacial score (nSPS) is 33.1. The van der Waals surface area contributed by atoms with Gasteiger partial charge in [-0.3, -0.25) is 4.79 Å². The van der Waals surface area contributed by atoms with Gasteiger partial charge in [-0.1, -0.05) is 0 Å². The van der Waals surface area contributed by atoms with Gasteiger partial charge in [0.05, 0.1) is 5.51 Å². The van der Waals surface area contributed by atoms with E-state index in [1.165, 1.54) is 17.8 Å². The number of hydrogen-bond donors (Lipinski definition) is 1. The van der Waals surface area contributed by atoms with E-state index < -0.39 is 0 Å². The minimum atomic E-state index is 0.0721. The van der Waals surface area contributed by atoms with Crippen LogP contribution in [0.25, 0.3) is 0 Å². The van der Waals surface area contributed by atoms with E-state index in [0.717, 1.165) is 19.5 Å². The predicted octanol–water partition coefficient (Wildman–Crippen LogP) is 0.952. The fourth-order valence-corrected chi connectivity index (χ4v) is 3.48. The van der Waals surface area contributed by atoms with Gasteiger partial charge in [0.15, 0.2) is 0 Å². The van der Waals surface area contributed by atoms with Gasteiger partial charge in [0.1, 0.15) is 5.69 Å². The molecule has 86 valence electrons. The lowest BCUT2D eigenvalue weighted by Crippen LogP contribution is -2.33. The second kappa shape index (κ2) is 3.82. The zero-order chi connectivity index (χ0) is 11.1. The molecule has 0 aromatic carbocycles. The molecule has 2 N–H and O–H groups in total. The maximum absolute atomic E-state index is 12.1. The molecule has 2 heterocycles. The first kappa shape index (κ1) is 10.2. The highest BCUT2D eigenvalue weighted by Gasteiger charge is 2.42. The van der Waals surface area contributed by atoms with Crippen LogP contribution < -0.4 is 5.73 Å². The molecule has 3 atom stereocenters. The summed E-state index contributed by atoms with van der Waals surface area (Å²) in [5.41, 5.74) is 8.34. The average Bonchev–Trinajstić information content (AvgIpc) is 2.96. The summed E-state index contributed by atoms with van der Waals surface area (Å²) in [5.74, 6) is 1.21. The molecule has 1 aromatic heterocycles. The topological polar surface area (TPSA) is 59.2 Å². The number of fused-ring (bicyclic) bond motifs is 1. The van der Waals surface area contributed by atoms with E-state index in [-0.39, 0.29) is 5.91 Å². The molecule has 1 aliphatic heterocycles. The maximum atomic E-state index is 12.1. The van der Waals surface area contributed by atoms with Gasteiger partial charge in [-0.2, -0.15) is 0 Å². The summed E-state index contributed by atoms with van der Waals surface area (Å²) in [6.07, 6.45) is 2.29. The highest BCUT2D eigenvalue weighted by atomic mass is 32.1. The molecule has 0 unspecified atom stereocenters. The Labute approximate surface area is 98.5 Å². The molecule has 5 heteroatoms. The number of hydrogen-bond acceptors (Lipinski definition) is 4. The summed E-state index contributed by atoms with van der Waals surface area (Å²) in [7, 11) is 0. The molecule has 1 aliphatic carbocycles. The molecule has 1 amide bonds. The number of thiazole rings is 1. The van der Waals surface area contributed by atoms with Crippen LogP contribution >= 0.6 is 11.3 Å². The fourth-order valence-electron chi connectivity index (χ4n) is 2.95.